The zero-order chi connectivity index (χ0) is 11.1. The molecule has 1 aromatic carbocycles. The fourth-order valence-corrected chi connectivity index (χ4v) is 1.44. The molecule has 0 amide bonds. The third-order valence-electron chi connectivity index (χ3n) is 2.47. The summed E-state index contributed by atoms with van der Waals surface area (Å²) in [5.74, 6) is 0.620. The van der Waals surface area contributed by atoms with Crippen molar-refractivity contribution in [2.75, 3.05) is 6.54 Å². The number of hydrogen-bond acceptors (Lipinski definition) is 1. The van der Waals surface area contributed by atoms with Crippen LogP contribution in [0.2, 0.25) is 0 Å². The first-order valence-electron chi connectivity index (χ1n) is 5.64. The van der Waals surface area contributed by atoms with Gasteiger partial charge in [0, 0.05) is 13.1 Å². The van der Waals surface area contributed by atoms with Crippen LogP contribution in [-0.2, 0) is 6.54 Å². The van der Waals surface area contributed by atoms with Gasteiger partial charge in [-0.25, -0.2) is 0 Å². The van der Waals surface area contributed by atoms with Gasteiger partial charge in [-0.1, -0.05) is 50.3 Å². The molecule has 0 atom stereocenters. The van der Waals surface area contributed by atoms with E-state index >= 15 is 0 Å². The van der Waals surface area contributed by atoms with Gasteiger partial charge in [0.25, 0.3) is 0 Å². The molecule has 0 heterocycles. The number of nitrogens with one attached hydrogen (secondary N) is 1. The Kier molecular flexibility index (Phi) is 5.13. The summed E-state index contributed by atoms with van der Waals surface area (Å²) in [5.41, 5.74) is 2.76. The molecule has 1 nitrogen and oxygen atoms in total. The Morgan fingerprint density at radius 1 is 1.20 bits per heavy atom. The Balaban J connectivity index is 2.42. The molecular formula is C14H21N. The molecule has 0 radical (unpaired) electrons. The summed E-state index contributed by atoms with van der Waals surface area (Å²) in [6.45, 7) is 8.38. The van der Waals surface area contributed by atoms with Gasteiger partial charge >= 0.3 is 0 Å². The number of rotatable bonds is 5. The van der Waals surface area contributed by atoms with E-state index in [-0.39, 0.29) is 0 Å². The Morgan fingerprint density at radius 3 is 2.40 bits per heavy atom. The fraction of sp³-hybridized carbons (Fsp3) is 0.429. The molecular weight excluding hydrogens is 182 g/mol. The van der Waals surface area contributed by atoms with Gasteiger partial charge in [-0.3, -0.25) is 0 Å². The number of benzene rings is 1. The summed E-state index contributed by atoms with van der Waals surface area (Å²) in [7, 11) is 0. The molecule has 15 heavy (non-hydrogen) atoms. The van der Waals surface area contributed by atoms with Crippen LogP contribution in [0.15, 0.2) is 36.4 Å². The van der Waals surface area contributed by atoms with Gasteiger partial charge < -0.3 is 5.32 Å². The van der Waals surface area contributed by atoms with Crippen LogP contribution in [0.1, 0.15) is 37.8 Å². The lowest BCUT2D eigenvalue weighted by Crippen LogP contribution is -2.12. The molecule has 1 heteroatoms. The average molecular weight is 203 g/mol. The average Bonchev–Trinajstić information content (AvgIpc) is 2.25. The summed E-state index contributed by atoms with van der Waals surface area (Å²) in [6, 6.07) is 8.85. The highest BCUT2D eigenvalue weighted by Gasteiger charge is 1.97. The van der Waals surface area contributed by atoms with Crippen LogP contribution in [0.25, 0.3) is 0 Å². The highest BCUT2D eigenvalue weighted by Crippen LogP contribution is 2.14. The first-order valence-corrected chi connectivity index (χ1v) is 5.64. The molecule has 0 aliphatic rings. The van der Waals surface area contributed by atoms with E-state index in [1.807, 2.05) is 6.92 Å². The smallest absolute Gasteiger partial charge is 0.0208 e. The Morgan fingerprint density at radius 2 is 1.87 bits per heavy atom. The molecule has 0 spiro atoms. The molecule has 0 saturated carbocycles. The van der Waals surface area contributed by atoms with E-state index in [4.69, 9.17) is 0 Å². The molecule has 0 aliphatic carbocycles. The second-order valence-electron chi connectivity index (χ2n) is 4.10. The Bertz CT molecular complexity index is 296. The molecule has 0 aliphatic heterocycles. The van der Waals surface area contributed by atoms with E-state index in [1.54, 1.807) is 0 Å². The summed E-state index contributed by atoms with van der Waals surface area (Å²) in [5, 5.41) is 3.36. The summed E-state index contributed by atoms with van der Waals surface area (Å²) < 4.78 is 0. The van der Waals surface area contributed by atoms with Crippen LogP contribution >= 0.6 is 0 Å². The van der Waals surface area contributed by atoms with Gasteiger partial charge in [0.1, 0.15) is 0 Å². The summed E-state index contributed by atoms with van der Waals surface area (Å²) >= 11 is 0. The van der Waals surface area contributed by atoms with Gasteiger partial charge in [0.05, 0.1) is 0 Å². The quantitative estimate of drug-likeness (QED) is 0.570. The number of allylic oxidation sites excluding steroid dienone is 1. The van der Waals surface area contributed by atoms with Crippen molar-refractivity contribution in [1.29, 1.82) is 0 Å². The van der Waals surface area contributed by atoms with Crippen LogP contribution in [0, 0.1) is 0 Å². The highest BCUT2D eigenvalue weighted by molar-refractivity contribution is 5.24. The number of hydrogen-bond donors (Lipinski definition) is 1. The van der Waals surface area contributed by atoms with Crippen molar-refractivity contribution in [3.05, 3.63) is 47.5 Å². The third kappa shape index (κ3) is 4.30. The molecule has 0 aromatic heterocycles. The second kappa shape index (κ2) is 6.41. The van der Waals surface area contributed by atoms with Crippen molar-refractivity contribution in [3.8, 4) is 0 Å². The van der Waals surface area contributed by atoms with Gasteiger partial charge in [0.15, 0.2) is 0 Å². The molecule has 1 N–H and O–H groups in total. The van der Waals surface area contributed by atoms with E-state index in [9.17, 15) is 0 Å². The van der Waals surface area contributed by atoms with Crippen LogP contribution in [0.3, 0.4) is 0 Å². The zero-order valence-electron chi connectivity index (χ0n) is 9.96. The molecule has 0 unspecified atom stereocenters. The Hall–Kier alpha value is -1.08. The Labute approximate surface area is 93.2 Å². The largest absolute Gasteiger partial charge is 0.309 e. The van der Waals surface area contributed by atoms with Crippen molar-refractivity contribution in [3.63, 3.8) is 0 Å². The zero-order valence-corrected chi connectivity index (χ0v) is 9.96. The van der Waals surface area contributed by atoms with E-state index in [2.05, 4.69) is 55.6 Å². The minimum Gasteiger partial charge on any atom is -0.309 e. The standard InChI is InChI=1S/C14H21N/c1-4-5-10-15-11-13-6-8-14(9-7-13)12(2)3/h4-9,12,15H,10-11H2,1-3H3/b5-4+. The van der Waals surface area contributed by atoms with Gasteiger partial charge in [0.2, 0.25) is 0 Å². The first kappa shape index (κ1) is 12.0. The lowest BCUT2D eigenvalue weighted by Gasteiger charge is -2.07. The summed E-state index contributed by atoms with van der Waals surface area (Å²) in [6.07, 6.45) is 4.19. The van der Waals surface area contributed by atoms with Crippen molar-refractivity contribution in [2.24, 2.45) is 0 Å². The van der Waals surface area contributed by atoms with E-state index in [0.717, 1.165) is 13.1 Å². The monoisotopic (exact) mass is 203 g/mol. The predicted molar refractivity (Wildman–Crippen MR) is 67.1 cm³/mol. The maximum absolute atomic E-state index is 3.36. The first-order chi connectivity index (χ1) is 7.24. The molecule has 1 aromatic rings. The topological polar surface area (TPSA) is 12.0 Å². The van der Waals surface area contributed by atoms with Crippen LogP contribution in [0.4, 0.5) is 0 Å². The highest BCUT2D eigenvalue weighted by atomic mass is 14.8. The second-order valence-corrected chi connectivity index (χ2v) is 4.10. The molecule has 82 valence electrons. The third-order valence-corrected chi connectivity index (χ3v) is 2.47. The van der Waals surface area contributed by atoms with Crippen molar-refractivity contribution < 1.29 is 0 Å². The van der Waals surface area contributed by atoms with Crippen LogP contribution in [0.5, 0.6) is 0 Å². The van der Waals surface area contributed by atoms with Crippen molar-refractivity contribution in [1.82, 2.24) is 5.32 Å². The lowest BCUT2D eigenvalue weighted by molar-refractivity contribution is 0.757. The van der Waals surface area contributed by atoms with Crippen molar-refractivity contribution >= 4 is 0 Å². The minimum absolute atomic E-state index is 0.620. The maximum atomic E-state index is 3.36. The van der Waals surface area contributed by atoms with Gasteiger partial charge in [-0.05, 0) is 24.0 Å². The van der Waals surface area contributed by atoms with E-state index in [1.165, 1.54) is 11.1 Å². The van der Waals surface area contributed by atoms with E-state index < -0.39 is 0 Å². The van der Waals surface area contributed by atoms with Crippen molar-refractivity contribution in [2.45, 2.75) is 33.2 Å². The van der Waals surface area contributed by atoms with Crippen LogP contribution in [-0.4, -0.2) is 6.54 Å². The van der Waals surface area contributed by atoms with E-state index in [0.29, 0.717) is 5.92 Å². The fourth-order valence-electron chi connectivity index (χ4n) is 1.44. The molecule has 0 bridgehead atoms. The lowest BCUT2D eigenvalue weighted by atomic mass is 10.0. The molecule has 0 saturated heterocycles. The predicted octanol–water partition coefficient (Wildman–Crippen LogP) is 3.48. The maximum Gasteiger partial charge on any atom is 0.0208 e. The minimum atomic E-state index is 0.620. The van der Waals surface area contributed by atoms with Gasteiger partial charge in [-0.2, -0.15) is 0 Å². The molecule has 0 fully saturated rings. The normalized spacial score (nSPS) is 11.5. The van der Waals surface area contributed by atoms with Gasteiger partial charge in [-0.15, -0.1) is 0 Å². The molecule has 1 rings (SSSR count). The summed E-state index contributed by atoms with van der Waals surface area (Å²) in [4.78, 5) is 0. The SMILES string of the molecule is C/C=C/CNCc1ccc(C(C)C)cc1. The van der Waals surface area contributed by atoms with Crippen LogP contribution < -0.4 is 5.32 Å².